The Labute approximate surface area is 157 Å². The number of carbonyl (C=O) groups excluding carboxylic acids is 1. The molecule has 0 spiro atoms. The van der Waals surface area contributed by atoms with Gasteiger partial charge in [-0.05, 0) is 56.3 Å². The number of ether oxygens (including phenoxy) is 2. The van der Waals surface area contributed by atoms with E-state index in [4.69, 9.17) is 25.9 Å². The molecule has 0 fully saturated rings. The number of methoxy groups -OCH3 is 1. The first-order valence-electron chi connectivity index (χ1n) is 8.10. The van der Waals surface area contributed by atoms with E-state index in [0.29, 0.717) is 28.8 Å². The molecule has 6 nitrogen and oxygen atoms in total. The fourth-order valence-electron chi connectivity index (χ4n) is 2.05. The zero-order valence-electron chi connectivity index (χ0n) is 14.9. The van der Waals surface area contributed by atoms with Crippen LogP contribution in [0.2, 0.25) is 5.02 Å². The first-order chi connectivity index (χ1) is 12.5. The molecule has 1 N–H and O–H groups in total. The van der Waals surface area contributed by atoms with Crippen LogP contribution in [0, 0.1) is 0 Å². The van der Waals surface area contributed by atoms with Crippen LogP contribution in [0.1, 0.15) is 19.4 Å². The largest absolute Gasteiger partial charge is 0.493 e. The van der Waals surface area contributed by atoms with E-state index in [1.807, 2.05) is 13.0 Å². The maximum atomic E-state index is 12.1. The molecule has 0 heterocycles. The fourth-order valence-corrected chi connectivity index (χ4v) is 2.17. The van der Waals surface area contributed by atoms with E-state index in [1.165, 1.54) is 6.21 Å². The number of nitrogens with one attached hydrogen (secondary N) is 1. The van der Waals surface area contributed by atoms with E-state index in [9.17, 15) is 4.79 Å². The van der Waals surface area contributed by atoms with Crippen LogP contribution in [0.5, 0.6) is 11.5 Å². The first-order valence-corrected chi connectivity index (χ1v) is 8.47. The summed E-state index contributed by atoms with van der Waals surface area (Å²) in [5.41, 5.74) is 1.39. The van der Waals surface area contributed by atoms with Crippen molar-refractivity contribution in [3.63, 3.8) is 0 Å². The lowest BCUT2D eigenvalue weighted by molar-refractivity contribution is -0.126. The van der Waals surface area contributed by atoms with Crippen LogP contribution in [0.25, 0.3) is 0 Å². The maximum absolute atomic E-state index is 12.1. The molecule has 0 unspecified atom stereocenters. The Balaban J connectivity index is 1.92. The van der Waals surface area contributed by atoms with Crippen molar-refractivity contribution in [2.24, 2.45) is 5.16 Å². The number of hydrogen-bond acceptors (Lipinski definition) is 5. The summed E-state index contributed by atoms with van der Waals surface area (Å²) in [5, 5.41) is 7.19. The lowest BCUT2D eigenvalue weighted by Crippen LogP contribution is -2.26. The Bertz CT molecular complexity index is 763. The van der Waals surface area contributed by atoms with Gasteiger partial charge >= 0.3 is 0 Å². The Morgan fingerprint density at radius 2 is 1.96 bits per heavy atom. The molecule has 0 aliphatic rings. The molecule has 1 amide bonds. The number of hydrogen-bond donors (Lipinski definition) is 1. The molecule has 0 saturated heterocycles. The molecule has 0 aliphatic heterocycles. The molecule has 2 aromatic rings. The summed E-state index contributed by atoms with van der Waals surface area (Å²) in [7, 11) is 1.57. The van der Waals surface area contributed by atoms with Gasteiger partial charge in [0.15, 0.2) is 11.5 Å². The number of nitrogens with zero attached hydrogens (tertiary/aromatic N) is 1. The van der Waals surface area contributed by atoms with Crippen LogP contribution >= 0.6 is 11.6 Å². The van der Waals surface area contributed by atoms with Crippen LogP contribution in [0.4, 0.5) is 5.69 Å². The van der Waals surface area contributed by atoms with Crippen molar-refractivity contribution >= 4 is 29.4 Å². The molecule has 0 aliphatic carbocycles. The molecule has 7 heteroatoms. The second kappa shape index (κ2) is 9.68. The highest BCUT2D eigenvalue weighted by atomic mass is 35.5. The van der Waals surface area contributed by atoms with Crippen molar-refractivity contribution in [1.82, 2.24) is 0 Å². The predicted octanol–water partition coefficient (Wildman–Crippen LogP) is 4.13. The van der Waals surface area contributed by atoms with Gasteiger partial charge in [0.05, 0.1) is 19.9 Å². The fraction of sp³-hybridized carbons (Fsp3) is 0.263. The zero-order chi connectivity index (χ0) is 18.9. The third-order valence-electron chi connectivity index (χ3n) is 3.39. The number of carbonyl (C=O) groups is 1. The summed E-state index contributed by atoms with van der Waals surface area (Å²) in [4.78, 5) is 17.3. The van der Waals surface area contributed by atoms with Crippen LogP contribution in [-0.4, -0.2) is 31.9 Å². The molecule has 0 aromatic heterocycles. The van der Waals surface area contributed by atoms with Crippen molar-refractivity contribution in [2.45, 2.75) is 20.0 Å². The molecular weight excluding hydrogens is 356 g/mol. The predicted molar refractivity (Wildman–Crippen MR) is 102 cm³/mol. The number of amides is 1. The van der Waals surface area contributed by atoms with E-state index in [1.54, 1.807) is 50.4 Å². The maximum Gasteiger partial charge on any atom is 0.267 e. The third-order valence-corrected chi connectivity index (χ3v) is 3.64. The second-order valence-electron chi connectivity index (χ2n) is 5.32. The van der Waals surface area contributed by atoms with Crippen molar-refractivity contribution in [2.75, 3.05) is 19.0 Å². The summed E-state index contributed by atoms with van der Waals surface area (Å²) < 4.78 is 10.7. The molecule has 2 aromatic carbocycles. The van der Waals surface area contributed by atoms with E-state index in [-0.39, 0.29) is 5.91 Å². The van der Waals surface area contributed by atoms with Gasteiger partial charge in [0.1, 0.15) is 0 Å². The van der Waals surface area contributed by atoms with Gasteiger partial charge in [0.25, 0.3) is 5.91 Å². The normalized spacial score (nSPS) is 11.8. The Kier molecular flexibility index (Phi) is 7.29. The smallest absolute Gasteiger partial charge is 0.267 e. The van der Waals surface area contributed by atoms with Gasteiger partial charge in [-0.3, -0.25) is 4.79 Å². The molecule has 2 rings (SSSR count). The van der Waals surface area contributed by atoms with Crippen LogP contribution in [0.15, 0.2) is 47.6 Å². The molecule has 0 saturated carbocycles. The van der Waals surface area contributed by atoms with Gasteiger partial charge in [0.2, 0.25) is 6.10 Å². The first kappa shape index (κ1) is 19.6. The van der Waals surface area contributed by atoms with Crippen LogP contribution < -0.4 is 14.8 Å². The van der Waals surface area contributed by atoms with Crippen molar-refractivity contribution < 1.29 is 19.1 Å². The summed E-state index contributed by atoms with van der Waals surface area (Å²) >= 11 is 5.81. The molecule has 0 radical (unpaired) electrons. The highest BCUT2D eigenvalue weighted by molar-refractivity contribution is 6.30. The van der Waals surface area contributed by atoms with Gasteiger partial charge in [-0.1, -0.05) is 16.8 Å². The summed E-state index contributed by atoms with van der Waals surface area (Å²) in [6.45, 7) is 4.06. The van der Waals surface area contributed by atoms with Gasteiger partial charge in [-0.2, -0.15) is 0 Å². The van der Waals surface area contributed by atoms with Crippen molar-refractivity contribution in [1.29, 1.82) is 0 Å². The molecular formula is C19H21ClN2O4. The lowest BCUT2D eigenvalue weighted by atomic mass is 10.2. The topological polar surface area (TPSA) is 69.2 Å². The van der Waals surface area contributed by atoms with E-state index < -0.39 is 6.10 Å². The quantitative estimate of drug-likeness (QED) is 0.555. The third kappa shape index (κ3) is 5.67. The second-order valence-corrected chi connectivity index (χ2v) is 5.76. The SMILES string of the molecule is CCOc1ccc(/C=N\O[C@@H](C)C(=O)Nc2ccc(Cl)cc2)cc1OC. The van der Waals surface area contributed by atoms with E-state index in [0.717, 1.165) is 5.56 Å². The van der Waals surface area contributed by atoms with E-state index >= 15 is 0 Å². The number of anilines is 1. The zero-order valence-corrected chi connectivity index (χ0v) is 15.6. The Morgan fingerprint density at radius 3 is 2.62 bits per heavy atom. The average Bonchev–Trinajstić information content (AvgIpc) is 2.64. The van der Waals surface area contributed by atoms with Gasteiger partial charge in [-0.15, -0.1) is 0 Å². The number of halogens is 1. The van der Waals surface area contributed by atoms with Crippen LogP contribution in [-0.2, 0) is 9.63 Å². The molecule has 0 bridgehead atoms. The minimum Gasteiger partial charge on any atom is -0.493 e. The molecule has 138 valence electrons. The highest BCUT2D eigenvalue weighted by Crippen LogP contribution is 2.27. The standard InChI is InChI=1S/C19H21ClN2O4/c1-4-25-17-10-5-14(11-18(17)24-3)12-21-26-13(2)19(23)22-16-8-6-15(20)7-9-16/h5-13H,4H2,1-3H3,(H,22,23)/b21-12-/t13-/m0/s1. The van der Waals surface area contributed by atoms with Gasteiger partial charge < -0.3 is 19.6 Å². The van der Waals surface area contributed by atoms with Crippen molar-refractivity contribution in [3.05, 3.63) is 53.1 Å². The Morgan fingerprint density at radius 1 is 1.23 bits per heavy atom. The molecule has 1 atom stereocenters. The van der Waals surface area contributed by atoms with E-state index in [2.05, 4.69) is 10.5 Å². The highest BCUT2D eigenvalue weighted by Gasteiger charge is 2.14. The monoisotopic (exact) mass is 376 g/mol. The van der Waals surface area contributed by atoms with Crippen LogP contribution in [0.3, 0.4) is 0 Å². The Hall–Kier alpha value is -2.73. The van der Waals surface area contributed by atoms with Gasteiger partial charge in [-0.25, -0.2) is 0 Å². The lowest BCUT2D eigenvalue weighted by Gasteiger charge is -2.11. The molecule has 26 heavy (non-hydrogen) atoms. The minimum absolute atomic E-state index is 0.311. The number of benzene rings is 2. The summed E-state index contributed by atoms with van der Waals surface area (Å²) in [6.07, 6.45) is 0.746. The number of rotatable bonds is 8. The average molecular weight is 377 g/mol. The number of oxime groups is 1. The van der Waals surface area contributed by atoms with Gasteiger partial charge in [0, 0.05) is 16.3 Å². The van der Waals surface area contributed by atoms with Crippen molar-refractivity contribution in [3.8, 4) is 11.5 Å². The summed E-state index contributed by atoms with van der Waals surface area (Å²) in [6, 6.07) is 12.2. The summed E-state index contributed by atoms with van der Waals surface area (Å²) in [5.74, 6) is 0.946. The minimum atomic E-state index is -0.758.